The van der Waals surface area contributed by atoms with Crippen molar-refractivity contribution >= 4 is 9.28 Å². The van der Waals surface area contributed by atoms with Crippen LogP contribution in [0.25, 0.3) is 0 Å². The van der Waals surface area contributed by atoms with Gasteiger partial charge >= 0.3 is 9.28 Å². The van der Waals surface area contributed by atoms with Gasteiger partial charge in [-0.25, -0.2) is 0 Å². The van der Waals surface area contributed by atoms with Crippen molar-refractivity contribution in [1.82, 2.24) is 0 Å². The van der Waals surface area contributed by atoms with Crippen LogP contribution in [0.3, 0.4) is 0 Å². The van der Waals surface area contributed by atoms with Crippen LogP contribution in [-0.2, 0) is 8.85 Å². The summed E-state index contributed by atoms with van der Waals surface area (Å²) in [5.41, 5.74) is 0.799. The fourth-order valence-corrected chi connectivity index (χ4v) is 4.61. The van der Waals surface area contributed by atoms with Crippen LogP contribution in [-0.4, -0.2) is 22.5 Å². The Bertz CT molecular complexity index is 127. The minimum Gasteiger partial charge on any atom is -0.396 e. The Morgan fingerprint density at radius 2 is 1.50 bits per heavy atom. The molecular weight excluding hydrogens is 192 g/mol. The van der Waals surface area contributed by atoms with E-state index in [9.17, 15) is 0 Å². The van der Waals surface area contributed by atoms with Crippen LogP contribution in [0.2, 0.25) is 5.54 Å². The smallest absolute Gasteiger partial charge is 0.324 e. The molecule has 0 aromatic carbocycles. The van der Waals surface area contributed by atoms with Gasteiger partial charge in [-0.3, -0.25) is 0 Å². The van der Waals surface area contributed by atoms with E-state index in [4.69, 9.17) is 8.85 Å². The zero-order valence-corrected chi connectivity index (χ0v) is 10.8. The molecule has 0 unspecified atom stereocenters. The molecule has 0 heterocycles. The van der Waals surface area contributed by atoms with E-state index in [1.165, 1.54) is 25.7 Å². The van der Waals surface area contributed by atoms with Gasteiger partial charge in [0.2, 0.25) is 0 Å². The molecule has 3 heteroatoms. The van der Waals surface area contributed by atoms with Crippen LogP contribution in [0.15, 0.2) is 0 Å². The average molecular weight is 216 g/mol. The summed E-state index contributed by atoms with van der Waals surface area (Å²) in [4.78, 5) is 0. The van der Waals surface area contributed by atoms with Crippen molar-refractivity contribution in [2.45, 2.75) is 57.9 Å². The third-order valence-corrected chi connectivity index (χ3v) is 5.32. The summed E-state index contributed by atoms with van der Waals surface area (Å²) < 4.78 is 11.8. The summed E-state index contributed by atoms with van der Waals surface area (Å²) in [6.07, 6.45) is 7.71. The van der Waals surface area contributed by atoms with Crippen LogP contribution in [0.1, 0.15) is 52.4 Å². The molecule has 1 aliphatic rings. The van der Waals surface area contributed by atoms with Crippen molar-refractivity contribution in [3.63, 3.8) is 0 Å². The van der Waals surface area contributed by atoms with Crippen LogP contribution in [0.5, 0.6) is 0 Å². The summed E-state index contributed by atoms with van der Waals surface area (Å²) in [6.45, 7) is 6.13. The SMILES string of the molecule is CCCO[SiH](OCCC)C1CCCC1. The first-order valence-electron chi connectivity index (χ1n) is 6.11. The Labute approximate surface area is 89.8 Å². The van der Waals surface area contributed by atoms with Crippen LogP contribution in [0, 0.1) is 0 Å². The average Bonchev–Trinajstić information content (AvgIpc) is 2.71. The molecule has 0 atom stereocenters. The molecule has 1 fully saturated rings. The lowest BCUT2D eigenvalue weighted by molar-refractivity contribution is 0.187. The third-order valence-electron chi connectivity index (χ3n) is 2.76. The minimum atomic E-state index is -1.32. The molecule has 14 heavy (non-hydrogen) atoms. The first kappa shape index (κ1) is 12.2. The predicted octanol–water partition coefficient (Wildman–Crippen LogP) is 3.00. The van der Waals surface area contributed by atoms with Gasteiger partial charge in [-0.05, 0) is 31.2 Å². The lowest BCUT2D eigenvalue weighted by atomic mass is 10.4. The Morgan fingerprint density at radius 3 is 1.93 bits per heavy atom. The van der Waals surface area contributed by atoms with Crippen molar-refractivity contribution in [1.29, 1.82) is 0 Å². The fourth-order valence-electron chi connectivity index (χ4n) is 2.02. The van der Waals surface area contributed by atoms with E-state index < -0.39 is 9.28 Å². The monoisotopic (exact) mass is 216 g/mol. The molecule has 0 aliphatic heterocycles. The molecule has 0 saturated heterocycles. The maximum atomic E-state index is 5.89. The maximum absolute atomic E-state index is 5.89. The standard InChI is InChI=1S/C11H24O2Si/c1-3-9-12-14(13-10-4-2)11-7-5-6-8-11/h11,14H,3-10H2,1-2H3. The normalized spacial score (nSPS) is 18.2. The van der Waals surface area contributed by atoms with Crippen LogP contribution in [0.4, 0.5) is 0 Å². The summed E-state index contributed by atoms with van der Waals surface area (Å²) in [6, 6.07) is 0. The van der Waals surface area contributed by atoms with Gasteiger partial charge in [-0.1, -0.05) is 26.7 Å². The maximum Gasteiger partial charge on any atom is 0.324 e. The second kappa shape index (κ2) is 7.43. The van der Waals surface area contributed by atoms with Gasteiger partial charge in [0.25, 0.3) is 0 Å². The van der Waals surface area contributed by atoms with E-state index in [-0.39, 0.29) is 0 Å². The van der Waals surface area contributed by atoms with Gasteiger partial charge in [0.1, 0.15) is 0 Å². The van der Waals surface area contributed by atoms with Gasteiger partial charge in [-0.2, -0.15) is 0 Å². The van der Waals surface area contributed by atoms with Crippen molar-refractivity contribution in [3.05, 3.63) is 0 Å². The Morgan fingerprint density at radius 1 is 1.00 bits per heavy atom. The molecule has 0 amide bonds. The molecule has 1 saturated carbocycles. The van der Waals surface area contributed by atoms with E-state index in [1.54, 1.807) is 0 Å². The topological polar surface area (TPSA) is 18.5 Å². The molecule has 1 rings (SSSR count). The van der Waals surface area contributed by atoms with Crippen molar-refractivity contribution in [2.75, 3.05) is 13.2 Å². The Hall–Kier alpha value is 0.137. The quantitative estimate of drug-likeness (QED) is 0.609. The van der Waals surface area contributed by atoms with Gasteiger partial charge in [0.05, 0.1) is 0 Å². The number of rotatable bonds is 7. The molecule has 0 aromatic heterocycles. The Balaban J connectivity index is 2.26. The summed E-state index contributed by atoms with van der Waals surface area (Å²) in [7, 11) is -1.32. The van der Waals surface area contributed by atoms with Crippen molar-refractivity contribution < 1.29 is 8.85 Å². The molecule has 84 valence electrons. The lowest BCUT2D eigenvalue weighted by Crippen LogP contribution is -2.28. The van der Waals surface area contributed by atoms with E-state index >= 15 is 0 Å². The highest BCUT2D eigenvalue weighted by Crippen LogP contribution is 2.33. The van der Waals surface area contributed by atoms with Gasteiger partial charge < -0.3 is 8.85 Å². The molecule has 1 aliphatic carbocycles. The minimum absolute atomic E-state index is 0.799. The van der Waals surface area contributed by atoms with Crippen molar-refractivity contribution in [2.24, 2.45) is 0 Å². The van der Waals surface area contributed by atoms with E-state index in [1.807, 2.05) is 0 Å². The van der Waals surface area contributed by atoms with Crippen LogP contribution >= 0.6 is 0 Å². The zero-order valence-electron chi connectivity index (χ0n) is 9.63. The van der Waals surface area contributed by atoms with E-state index in [0.29, 0.717) is 0 Å². The summed E-state index contributed by atoms with van der Waals surface area (Å²) in [5.74, 6) is 0. The van der Waals surface area contributed by atoms with Crippen molar-refractivity contribution in [3.8, 4) is 0 Å². The Kier molecular flexibility index (Phi) is 6.48. The highest BCUT2D eigenvalue weighted by Gasteiger charge is 2.28. The van der Waals surface area contributed by atoms with Gasteiger partial charge in [0.15, 0.2) is 0 Å². The molecule has 2 nitrogen and oxygen atoms in total. The highest BCUT2D eigenvalue weighted by atomic mass is 28.3. The predicted molar refractivity (Wildman–Crippen MR) is 61.9 cm³/mol. The largest absolute Gasteiger partial charge is 0.396 e. The molecule has 0 N–H and O–H groups in total. The first-order chi connectivity index (χ1) is 6.88. The molecule has 0 radical (unpaired) electrons. The summed E-state index contributed by atoms with van der Waals surface area (Å²) >= 11 is 0. The number of hydrogen-bond acceptors (Lipinski definition) is 2. The third kappa shape index (κ3) is 4.11. The molecule has 0 spiro atoms. The summed E-state index contributed by atoms with van der Waals surface area (Å²) in [5, 5.41) is 0. The van der Waals surface area contributed by atoms with Gasteiger partial charge in [-0.15, -0.1) is 0 Å². The molecule has 0 aromatic rings. The second-order valence-corrected chi connectivity index (χ2v) is 6.50. The highest BCUT2D eigenvalue weighted by molar-refractivity contribution is 6.46. The van der Waals surface area contributed by atoms with Crippen LogP contribution < -0.4 is 0 Å². The fraction of sp³-hybridized carbons (Fsp3) is 1.00. The molecule has 0 bridgehead atoms. The number of hydrogen-bond donors (Lipinski definition) is 0. The van der Waals surface area contributed by atoms with E-state index in [2.05, 4.69) is 13.8 Å². The van der Waals surface area contributed by atoms with Gasteiger partial charge in [0, 0.05) is 13.2 Å². The first-order valence-corrected chi connectivity index (χ1v) is 7.72. The van der Waals surface area contributed by atoms with E-state index in [0.717, 1.165) is 31.6 Å². The zero-order chi connectivity index (χ0) is 10.2. The lowest BCUT2D eigenvalue weighted by Gasteiger charge is -2.21. The molecular formula is C11H24O2Si. The second-order valence-electron chi connectivity index (χ2n) is 4.15.